The van der Waals surface area contributed by atoms with Crippen LogP contribution in [0.2, 0.25) is 0 Å². The van der Waals surface area contributed by atoms with Gasteiger partial charge >= 0.3 is 0 Å². The summed E-state index contributed by atoms with van der Waals surface area (Å²) in [5.74, 6) is -0.649. The van der Waals surface area contributed by atoms with Crippen molar-refractivity contribution in [3.8, 4) is 0 Å². The Bertz CT molecular complexity index is 419. The van der Waals surface area contributed by atoms with E-state index in [1.165, 1.54) is 12.1 Å². The van der Waals surface area contributed by atoms with E-state index in [4.69, 9.17) is 0 Å². The number of carbonyl (C=O) groups is 1. The summed E-state index contributed by atoms with van der Waals surface area (Å²) < 4.78 is 13.5. The van der Waals surface area contributed by atoms with Crippen LogP contribution >= 0.6 is 15.9 Å². The van der Waals surface area contributed by atoms with Gasteiger partial charge in [-0.3, -0.25) is 4.79 Å². The highest BCUT2D eigenvalue weighted by Gasteiger charge is 2.18. The van der Waals surface area contributed by atoms with Crippen molar-refractivity contribution in [2.45, 2.75) is 18.9 Å². The molecular formula is C12H14BrFN2O. The highest BCUT2D eigenvalue weighted by molar-refractivity contribution is 9.10. The molecule has 0 saturated carbocycles. The number of carbonyl (C=O) groups excluding carboxylic acids is 1. The molecule has 1 amide bonds. The Labute approximate surface area is 108 Å². The molecule has 1 aliphatic rings. The second-order valence-corrected chi connectivity index (χ2v) is 4.91. The van der Waals surface area contributed by atoms with Crippen molar-refractivity contribution in [3.63, 3.8) is 0 Å². The molecule has 2 N–H and O–H groups in total. The first-order chi connectivity index (χ1) is 8.18. The van der Waals surface area contributed by atoms with Gasteiger partial charge in [0.05, 0.1) is 10.0 Å². The van der Waals surface area contributed by atoms with E-state index in [1.807, 2.05) is 0 Å². The molecule has 1 fully saturated rings. The smallest absolute Gasteiger partial charge is 0.252 e. The summed E-state index contributed by atoms with van der Waals surface area (Å²) >= 11 is 3.09. The Morgan fingerprint density at radius 3 is 3.06 bits per heavy atom. The van der Waals surface area contributed by atoms with Crippen LogP contribution in [0.3, 0.4) is 0 Å². The van der Waals surface area contributed by atoms with Gasteiger partial charge in [0.25, 0.3) is 5.91 Å². The normalized spacial score (nSPS) is 20.0. The quantitative estimate of drug-likeness (QED) is 0.878. The van der Waals surface area contributed by atoms with Crippen LogP contribution in [0.25, 0.3) is 0 Å². The zero-order valence-corrected chi connectivity index (χ0v) is 10.9. The first-order valence-corrected chi connectivity index (χ1v) is 6.43. The molecule has 0 radical (unpaired) electrons. The Balaban J connectivity index is 2.06. The molecule has 5 heteroatoms. The second-order valence-electron chi connectivity index (χ2n) is 4.12. The molecule has 17 heavy (non-hydrogen) atoms. The minimum Gasteiger partial charge on any atom is -0.348 e. The van der Waals surface area contributed by atoms with E-state index < -0.39 is 5.82 Å². The molecule has 0 unspecified atom stereocenters. The van der Waals surface area contributed by atoms with Gasteiger partial charge < -0.3 is 10.6 Å². The second kappa shape index (κ2) is 5.60. The molecule has 0 aliphatic carbocycles. The summed E-state index contributed by atoms with van der Waals surface area (Å²) in [5, 5.41) is 6.12. The van der Waals surface area contributed by atoms with Crippen molar-refractivity contribution >= 4 is 21.8 Å². The van der Waals surface area contributed by atoms with Crippen molar-refractivity contribution in [3.05, 3.63) is 34.1 Å². The topological polar surface area (TPSA) is 41.1 Å². The number of hydrogen-bond acceptors (Lipinski definition) is 2. The average Bonchev–Trinajstić information content (AvgIpc) is 2.34. The number of piperidine rings is 1. The molecule has 1 atom stereocenters. The molecule has 1 aliphatic heterocycles. The molecule has 1 heterocycles. The van der Waals surface area contributed by atoms with Gasteiger partial charge in [0, 0.05) is 12.6 Å². The predicted molar refractivity (Wildman–Crippen MR) is 67.5 cm³/mol. The van der Waals surface area contributed by atoms with Gasteiger partial charge in [-0.15, -0.1) is 0 Å². The van der Waals surface area contributed by atoms with Crippen molar-refractivity contribution in [1.82, 2.24) is 10.6 Å². The Hall–Kier alpha value is -0.940. The molecule has 0 aromatic heterocycles. The Morgan fingerprint density at radius 1 is 1.53 bits per heavy atom. The highest BCUT2D eigenvalue weighted by atomic mass is 79.9. The lowest BCUT2D eigenvalue weighted by molar-refractivity contribution is 0.0929. The third-order valence-corrected chi connectivity index (χ3v) is 3.63. The van der Waals surface area contributed by atoms with E-state index in [0.717, 1.165) is 25.9 Å². The minimum absolute atomic E-state index is 0.131. The zero-order valence-electron chi connectivity index (χ0n) is 9.30. The lowest BCUT2D eigenvalue weighted by atomic mass is 10.1. The number of rotatable bonds is 2. The molecule has 1 saturated heterocycles. The number of amides is 1. The Morgan fingerprint density at radius 2 is 2.35 bits per heavy atom. The lowest BCUT2D eigenvalue weighted by Crippen LogP contribution is -2.45. The molecular weight excluding hydrogens is 287 g/mol. The SMILES string of the molecule is O=C(N[C@H]1CCCNC1)c1cccc(F)c1Br. The summed E-state index contributed by atoms with van der Waals surface area (Å²) in [5.41, 5.74) is 0.343. The first kappa shape index (κ1) is 12.5. The fourth-order valence-corrected chi connectivity index (χ4v) is 2.36. The summed E-state index contributed by atoms with van der Waals surface area (Å²) in [6.07, 6.45) is 2.01. The standard InChI is InChI=1S/C12H14BrFN2O/c13-11-9(4-1-5-10(11)14)12(17)16-8-3-2-6-15-7-8/h1,4-5,8,15H,2-3,6-7H2,(H,16,17)/t8-/m0/s1. The van der Waals surface area contributed by atoms with Gasteiger partial charge in [-0.25, -0.2) is 4.39 Å². The molecule has 1 aromatic carbocycles. The number of halogens is 2. The van der Waals surface area contributed by atoms with Crippen LogP contribution in [-0.2, 0) is 0 Å². The molecule has 3 nitrogen and oxygen atoms in total. The molecule has 0 spiro atoms. The van der Waals surface area contributed by atoms with E-state index in [9.17, 15) is 9.18 Å². The van der Waals surface area contributed by atoms with Crippen molar-refractivity contribution in [2.75, 3.05) is 13.1 Å². The van der Waals surface area contributed by atoms with Gasteiger partial charge in [0.15, 0.2) is 0 Å². The average molecular weight is 301 g/mol. The van der Waals surface area contributed by atoms with Crippen LogP contribution in [0.1, 0.15) is 23.2 Å². The fourth-order valence-electron chi connectivity index (χ4n) is 1.92. The molecule has 2 rings (SSSR count). The minimum atomic E-state index is -0.417. The largest absolute Gasteiger partial charge is 0.348 e. The summed E-state index contributed by atoms with van der Waals surface area (Å²) in [6, 6.07) is 4.60. The van der Waals surface area contributed by atoms with Crippen LogP contribution in [0.5, 0.6) is 0 Å². The van der Waals surface area contributed by atoms with E-state index >= 15 is 0 Å². The van der Waals surface area contributed by atoms with E-state index in [1.54, 1.807) is 6.07 Å². The number of hydrogen-bond donors (Lipinski definition) is 2. The van der Waals surface area contributed by atoms with Crippen molar-refractivity contribution in [2.24, 2.45) is 0 Å². The molecule has 0 bridgehead atoms. The van der Waals surface area contributed by atoms with E-state index in [-0.39, 0.29) is 16.4 Å². The summed E-state index contributed by atoms with van der Waals surface area (Å²) in [7, 11) is 0. The highest BCUT2D eigenvalue weighted by Crippen LogP contribution is 2.20. The van der Waals surface area contributed by atoms with Gasteiger partial charge in [0.2, 0.25) is 0 Å². The fraction of sp³-hybridized carbons (Fsp3) is 0.417. The van der Waals surface area contributed by atoms with Gasteiger partial charge in [0.1, 0.15) is 5.82 Å². The van der Waals surface area contributed by atoms with Crippen LogP contribution in [0.15, 0.2) is 22.7 Å². The third-order valence-electron chi connectivity index (χ3n) is 2.83. The van der Waals surface area contributed by atoms with Crippen LogP contribution in [0.4, 0.5) is 4.39 Å². The molecule has 1 aromatic rings. The Kier molecular flexibility index (Phi) is 4.12. The molecule has 92 valence electrons. The van der Waals surface area contributed by atoms with Gasteiger partial charge in [-0.2, -0.15) is 0 Å². The van der Waals surface area contributed by atoms with Crippen molar-refractivity contribution < 1.29 is 9.18 Å². The maximum absolute atomic E-state index is 13.3. The van der Waals surface area contributed by atoms with Gasteiger partial charge in [-0.05, 0) is 47.4 Å². The summed E-state index contributed by atoms with van der Waals surface area (Å²) in [6.45, 7) is 1.77. The van der Waals surface area contributed by atoms with Crippen LogP contribution in [-0.4, -0.2) is 25.0 Å². The van der Waals surface area contributed by atoms with Crippen molar-refractivity contribution in [1.29, 1.82) is 0 Å². The number of nitrogens with one attached hydrogen (secondary N) is 2. The van der Waals surface area contributed by atoms with Crippen LogP contribution < -0.4 is 10.6 Å². The van der Waals surface area contributed by atoms with Crippen LogP contribution in [0, 0.1) is 5.82 Å². The monoisotopic (exact) mass is 300 g/mol. The summed E-state index contributed by atoms with van der Waals surface area (Å²) in [4.78, 5) is 12.0. The first-order valence-electron chi connectivity index (χ1n) is 5.64. The number of benzene rings is 1. The maximum Gasteiger partial charge on any atom is 0.252 e. The zero-order chi connectivity index (χ0) is 12.3. The van der Waals surface area contributed by atoms with E-state index in [0.29, 0.717) is 5.56 Å². The predicted octanol–water partition coefficient (Wildman–Crippen LogP) is 2.07. The van der Waals surface area contributed by atoms with Gasteiger partial charge in [-0.1, -0.05) is 6.07 Å². The third kappa shape index (κ3) is 3.04. The van der Waals surface area contributed by atoms with E-state index in [2.05, 4.69) is 26.6 Å². The lowest BCUT2D eigenvalue weighted by Gasteiger charge is -2.24. The maximum atomic E-state index is 13.3.